The van der Waals surface area contributed by atoms with Gasteiger partial charge in [-0.3, -0.25) is 4.79 Å². The highest BCUT2D eigenvalue weighted by molar-refractivity contribution is 7.18. The standard InChI is InChI=1S/C17H19N5OS/c1-3-12-9-13-16(19-10-20-17(13)24-12)18-8-7-15(23)22-14-6-4-5-11(2)21-14/h4-6,9-10H,3,7-8H2,1-2H3,(H,18,19,20)(H,21,22,23). The van der Waals surface area contributed by atoms with Crippen molar-refractivity contribution in [1.29, 1.82) is 0 Å². The number of anilines is 2. The van der Waals surface area contributed by atoms with E-state index in [1.807, 2.05) is 19.1 Å². The predicted octanol–water partition coefficient (Wildman–Crippen LogP) is 3.40. The minimum Gasteiger partial charge on any atom is -0.369 e. The lowest BCUT2D eigenvalue weighted by molar-refractivity contribution is -0.116. The van der Waals surface area contributed by atoms with Crippen molar-refractivity contribution >= 4 is 39.1 Å². The Bertz CT molecular complexity index is 861. The molecule has 3 aromatic rings. The molecule has 3 aromatic heterocycles. The van der Waals surface area contributed by atoms with Crippen LogP contribution in [0.25, 0.3) is 10.2 Å². The van der Waals surface area contributed by atoms with Gasteiger partial charge in [0.15, 0.2) is 0 Å². The average Bonchev–Trinajstić information content (AvgIpc) is 2.99. The Morgan fingerprint density at radius 3 is 2.96 bits per heavy atom. The lowest BCUT2D eigenvalue weighted by atomic mass is 10.3. The molecule has 3 rings (SSSR count). The van der Waals surface area contributed by atoms with E-state index in [4.69, 9.17) is 0 Å². The molecule has 0 spiro atoms. The first-order chi connectivity index (χ1) is 11.7. The van der Waals surface area contributed by atoms with Gasteiger partial charge in [0.25, 0.3) is 0 Å². The van der Waals surface area contributed by atoms with Crippen molar-refractivity contribution in [2.75, 3.05) is 17.2 Å². The molecule has 0 aliphatic rings. The quantitative estimate of drug-likeness (QED) is 0.718. The van der Waals surface area contributed by atoms with Crippen molar-refractivity contribution < 1.29 is 4.79 Å². The summed E-state index contributed by atoms with van der Waals surface area (Å²) in [5.41, 5.74) is 0.874. The smallest absolute Gasteiger partial charge is 0.227 e. The lowest BCUT2D eigenvalue weighted by Gasteiger charge is -2.07. The summed E-state index contributed by atoms with van der Waals surface area (Å²) in [6.45, 7) is 4.51. The Balaban J connectivity index is 1.58. The van der Waals surface area contributed by atoms with Gasteiger partial charge >= 0.3 is 0 Å². The molecule has 0 aliphatic carbocycles. The van der Waals surface area contributed by atoms with Crippen molar-refractivity contribution in [2.45, 2.75) is 26.7 Å². The monoisotopic (exact) mass is 341 g/mol. The summed E-state index contributed by atoms with van der Waals surface area (Å²) in [6, 6.07) is 7.65. The van der Waals surface area contributed by atoms with Crippen LogP contribution in [0, 0.1) is 6.92 Å². The molecule has 2 N–H and O–H groups in total. The number of thiophene rings is 1. The molecule has 7 heteroatoms. The topological polar surface area (TPSA) is 79.8 Å². The molecule has 0 atom stereocenters. The van der Waals surface area contributed by atoms with Gasteiger partial charge in [0.2, 0.25) is 5.91 Å². The lowest BCUT2D eigenvalue weighted by Crippen LogP contribution is -2.17. The minimum absolute atomic E-state index is 0.0783. The van der Waals surface area contributed by atoms with E-state index < -0.39 is 0 Å². The number of amides is 1. The maximum absolute atomic E-state index is 12.0. The third-order valence-electron chi connectivity index (χ3n) is 3.53. The van der Waals surface area contributed by atoms with Gasteiger partial charge < -0.3 is 10.6 Å². The molecule has 0 saturated carbocycles. The number of fused-ring (bicyclic) bond motifs is 1. The summed E-state index contributed by atoms with van der Waals surface area (Å²) in [7, 11) is 0. The molecule has 0 radical (unpaired) electrons. The molecule has 0 aromatic carbocycles. The molecule has 24 heavy (non-hydrogen) atoms. The zero-order valence-electron chi connectivity index (χ0n) is 13.7. The fourth-order valence-corrected chi connectivity index (χ4v) is 3.27. The molecule has 3 heterocycles. The number of aryl methyl sites for hydroxylation is 2. The minimum atomic E-state index is -0.0783. The second-order valence-electron chi connectivity index (χ2n) is 5.40. The summed E-state index contributed by atoms with van der Waals surface area (Å²) >= 11 is 1.68. The molecule has 0 unspecified atom stereocenters. The maximum atomic E-state index is 12.0. The maximum Gasteiger partial charge on any atom is 0.227 e. The molecule has 0 aliphatic heterocycles. The van der Waals surface area contributed by atoms with E-state index >= 15 is 0 Å². The van der Waals surface area contributed by atoms with Crippen LogP contribution >= 0.6 is 11.3 Å². The number of carbonyl (C=O) groups is 1. The summed E-state index contributed by atoms with van der Waals surface area (Å²) in [5.74, 6) is 1.28. The summed E-state index contributed by atoms with van der Waals surface area (Å²) in [4.78, 5) is 27.1. The number of hydrogen-bond donors (Lipinski definition) is 2. The number of pyridine rings is 1. The molecule has 124 valence electrons. The highest BCUT2D eigenvalue weighted by Crippen LogP contribution is 2.28. The van der Waals surface area contributed by atoms with Gasteiger partial charge in [0, 0.05) is 23.5 Å². The van der Waals surface area contributed by atoms with E-state index in [2.05, 4.69) is 38.6 Å². The SMILES string of the molecule is CCc1cc2c(NCCC(=O)Nc3cccc(C)n3)ncnc2s1. The first-order valence-electron chi connectivity index (χ1n) is 7.86. The Hall–Kier alpha value is -2.54. The highest BCUT2D eigenvalue weighted by atomic mass is 32.1. The predicted molar refractivity (Wildman–Crippen MR) is 97.5 cm³/mol. The summed E-state index contributed by atoms with van der Waals surface area (Å²) in [5, 5.41) is 7.04. The van der Waals surface area contributed by atoms with Gasteiger partial charge in [-0.25, -0.2) is 15.0 Å². The first-order valence-corrected chi connectivity index (χ1v) is 8.68. The third-order valence-corrected chi connectivity index (χ3v) is 4.72. The van der Waals surface area contributed by atoms with Crippen LogP contribution in [0.2, 0.25) is 0 Å². The largest absolute Gasteiger partial charge is 0.369 e. The van der Waals surface area contributed by atoms with Crippen molar-refractivity contribution in [3.63, 3.8) is 0 Å². The Morgan fingerprint density at radius 2 is 2.17 bits per heavy atom. The van der Waals surface area contributed by atoms with Crippen LogP contribution in [0.4, 0.5) is 11.6 Å². The molecule has 1 amide bonds. The zero-order valence-corrected chi connectivity index (χ0v) is 14.5. The van der Waals surface area contributed by atoms with Gasteiger partial charge in [-0.15, -0.1) is 11.3 Å². The first kappa shape index (κ1) is 16.3. The number of nitrogens with one attached hydrogen (secondary N) is 2. The number of rotatable bonds is 6. The van der Waals surface area contributed by atoms with E-state index in [1.165, 1.54) is 4.88 Å². The van der Waals surface area contributed by atoms with Crippen molar-refractivity contribution in [1.82, 2.24) is 15.0 Å². The molecule has 0 bridgehead atoms. The van der Waals surface area contributed by atoms with Crippen LogP contribution in [-0.4, -0.2) is 27.4 Å². The Labute approximate surface area is 144 Å². The fourth-order valence-electron chi connectivity index (χ4n) is 2.33. The van der Waals surface area contributed by atoms with Crippen molar-refractivity contribution in [3.05, 3.63) is 41.2 Å². The summed E-state index contributed by atoms with van der Waals surface area (Å²) in [6.07, 6.45) is 2.87. The van der Waals surface area contributed by atoms with E-state index in [9.17, 15) is 4.79 Å². The molecular weight excluding hydrogens is 322 g/mol. The summed E-state index contributed by atoms with van der Waals surface area (Å²) < 4.78 is 0. The van der Waals surface area contributed by atoms with Gasteiger partial charge in [0.05, 0.1) is 5.39 Å². The van der Waals surface area contributed by atoms with Crippen LogP contribution in [-0.2, 0) is 11.2 Å². The van der Waals surface area contributed by atoms with Gasteiger partial charge in [0.1, 0.15) is 22.8 Å². The van der Waals surface area contributed by atoms with Crippen LogP contribution in [0.3, 0.4) is 0 Å². The fraction of sp³-hybridized carbons (Fsp3) is 0.294. The van der Waals surface area contributed by atoms with Crippen molar-refractivity contribution in [3.8, 4) is 0 Å². The second-order valence-corrected chi connectivity index (χ2v) is 6.51. The average molecular weight is 341 g/mol. The van der Waals surface area contributed by atoms with Gasteiger partial charge in [-0.2, -0.15) is 0 Å². The Kier molecular flexibility index (Phi) is 5.00. The normalized spacial score (nSPS) is 10.8. The van der Waals surface area contributed by atoms with E-state index in [0.717, 1.165) is 28.1 Å². The van der Waals surface area contributed by atoms with Crippen LogP contribution < -0.4 is 10.6 Å². The van der Waals surface area contributed by atoms with E-state index in [-0.39, 0.29) is 5.91 Å². The number of hydrogen-bond acceptors (Lipinski definition) is 6. The third kappa shape index (κ3) is 3.86. The van der Waals surface area contributed by atoms with Crippen LogP contribution in [0.15, 0.2) is 30.6 Å². The molecular formula is C17H19N5OS. The van der Waals surface area contributed by atoms with Gasteiger partial charge in [-0.05, 0) is 31.5 Å². The van der Waals surface area contributed by atoms with Gasteiger partial charge in [-0.1, -0.05) is 13.0 Å². The molecule has 6 nitrogen and oxygen atoms in total. The number of carbonyl (C=O) groups excluding carboxylic acids is 1. The molecule has 0 saturated heterocycles. The molecule has 0 fully saturated rings. The van der Waals surface area contributed by atoms with Crippen LogP contribution in [0.1, 0.15) is 23.9 Å². The van der Waals surface area contributed by atoms with Crippen molar-refractivity contribution in [2.24, 2.45) is 0 Å². The number of nitrogens with zero attached hydrogens (tertiary/aromatic N) is 3. The zero-order chi connectivity index (χ0) is 16.9. The number of aromatic nitrogens is 3. The second kappa shape index (κ2) is 7.35. The Morgan fingerprint density at radius 1 is 1.29 bits per heavy atom. The highest BCUT2D eigenvalue weighted by Gasteiger charge is 2.09. The van der Waals surface area contributed by atoms with Crippen LogP contribution in [0.5, 0.6) is 0 Å². The van der Waals surface area contributed by atoms with E-state index in [0.29, 0.717) is 18.8 Å². The van der Waals surface area contributed by atoms with E-state index in [1.54, 1.807) is 23.7 Å².